The van der Waals surface area contributed by atoms with E-state index >= 15 is 0 Å². The van der Waals surface area contributed by atoms with Gasteiger partial charge in [0.05, 0.1) is 0 Å². The minimum atomic E-state index is 0.154. The van der Waals surface area contributed by atoms with E-state index in [0.29, 0.717) is 11.8 Å². The van der Waals surface area contributed by atoms with Gasteiger partial charge in [0.25, 0.3) is 0 Å². The molecule has 1 aliphatic rings. The van der Waals surface area contributed by atoms with Gasteiger partial charge in [-0.15, -0.1) is 0 Å². The van der Waals surface area contributed by atoms with Crippen molar-refractivity contribution < 1.29 is 4.79 Å². The van der Waals surface area contributed by atoms with Gasteiger partial charge in [0.15, 0.2) is 5.78 Å². The van der Waals surface area contributed by atoms with Gasteiger partial charge in [-0.3, -0.25) is 4.79 Å². The summed E-state index contributed by atoms with van der Waals surface area (Å²) in [6.07, 6.45) is 0.966. The third-order valence-corrected chi connectivity index (χ3v) is 3.51. The normalized spacial score (nSPS) is 24.7. The predicted octanol–water partition coefficient (Wildman–Crippen LogP) is 2.48. The summed E-state index contributed by atoms with van der Waals surface area (Å²) in [5.41, 5.74) is 3.21. The number of ketones is 1. The van der Waals surface area contributed by atoms with Gasteiger partial charge >= 0.3 is 0 Å². The molecule has 0 radical (unpaired) electrons. The number of aryl methyl sites for hydroxylation is 2. The van der Waals surface area contributed by atoms with E-state index in [4.69, 9.17) is 0 Å². The molecule has 1 N–H and O–H groups in total. The highest BCUT2D eigenvalue weighted by molar-refractivity contribution is 5.99. The van der Waals surface area contributed by atoms with Crippen molar-refractivity contribution in [3.63, 3.8) is 0 Å². The Morgan fingerprint density at radius 2 is 2.12 bits per heavy atom. The maximum Gasteiger partial charge on any atom is 0.167 e. The molecule has 1 aromatic carbocycles. The minimum absolute atomic E-state index is 0.154. The highest BCUT2D eigenvalue weighted by Crippen LogP contribution is 2.22. The lowest BCUT2D eigenvalue weighted by Crippen LogP contribution is -2.28. The third kappa shape index (κ3) is 2.03. The van der Waals surface area contributed by atoms with Crippen molar-refractivity contribution in [2.75, 3.05) is 6.54 Å². The summed E-state index contributed by atoms with van der Waals surface area (Å²) in [4.78, 5) is 12.3. The first kappa shape index (κ1) is 11.3. The molecule has 2 nitrogen and oxygen atoms in total. The standard InChI is InChI=1S/C14H19NO/c1-9-4-5-12(10(2)8-9)14(16)13-6-7-15-11(13)3/h4-5,8,11,13,15H,6-7H2,1-3H3. The fourth-order valence-corrected chi connectivity index (χ4v) is 2.51. The first-order valence-electron chi connectivity index (χ1n) is 5.94. The maximum atomic E-state index is 12.3. The van der Waals surface area contributed by atoms with Crippen LogP contribution in [-0.4, -0.2) is 18.4 Å². The molecule has 2 unspecified atom stereocenters. The molecule has 0 aromatic heterocycles. The molecule has 2 heteroatoms. The smallest absolute Gasteiger partial charge is 0.167 e. The molecule has 0 spiro atoms. The zero-order chi connectivity index (χ0) is 11.7. The number of hydrogen-bond acceptors (Lipinski definition) is 2. The summed E-state index contributed by atoms with van der Waals surface area (Å²) >= 11 is 0. The van der Waals surface area contributed by atoms with Crippen LogP contribution in [-0.2, 0) is 0 Å². The van der Waals surface area contributed by atoms with Crippen molar-refractivity contribution in [2.45, 2.75) is 33.2 Å². The number of carbonyl (C=O) groups excluding carboxylic acids is 1. The summed E-state index contributed by atoms with van der Waals surface area (Å²) in [7, 11) is 0. The highest BCUT2D eigenvalue weighted by Gasteiger charge is 2.30. The fourth-order valence-electron chi connectivity index (χ4n) is 2.51. The number of rotatable bonds is 2. The molecular formula is C14H19NO. The van der Waals surface area contributed by atoms with Crippen LogP contribution < -0.4 is 5.32 Å². The monoisotopic (exact) mass is 217 g/mol. The predicted molar refractivity (Wildman–Crippen MR) is 65.8 cm³/mol. The molecule has 0 amide bonds. The van der Waals surface area contributed by atoms with Crippen LogP contribution >= 0.6 is 0 Å². The van der Waals surface area contributed by atoms with Crippen molar-refractivity contribution >= 4 is 5.78 Å². The van der Waals surface area contributed by atoms with Gasteiger partial charge in [0.2, 0.25) is 0 Å². The van der Waals surface area contributed by atoms with Gasteiger partial charge in [-0.2, -0.15) is 0 Å². The van der Waals surface area contributed by atoms with Crippen LogP contribution in [0.25, 0.3) is 0 Å². The summed E-state index contributed by atoms with van der Waals surface area (Å²) < 4.78 is 0. The average Bonchev–Trinajstić information content (AvgIpc) is 2.63. The molecule has 1 aliphatic heterocycles. The Labute approximate surface area is 97.1 Å². The highest BCUT2D eigenvalue weighted by atomic mass is 16.1. The van der Waals surface area contributed by atoms with Crippen molar-refractivity contribution in [1.82, 2.24) is 5.32 Å². The van der Waals surface area contributed by atoms with Crippen molar-refractivity contribution in [1.29, 1.82) is 0 Å². The van der Waals surface area contributed by atoms with Crippen LogP contribution in [0, 0.1) is 19.8 Å². The Bertz CT molecular complexity index is 411. The number of nitrogens with one attached hydrogen (secondary N) is 1. The van der Waals surface area contributed by atoms with Gasteiger partial charge < -0.3 is 5.32 Å². The summed E-state index contributed by atoms with van der Waals surface area (Å²) in [6.45, 7) is 7.13. The Morgan fingerprint density at radius 3 is 2.69 bits per heavy atom. The van der Waals surface area contributed by atoms with Gasteiger partial charge in [-0.1, -0.05) is 23.8 Å². The SMILES string of the molecule is Cc1ccc(C(=O)C2CCNC2C)c(C)c1. The Balaban J connectivity index is 2.27. The average molecular weight is 217 g/mol. The lowest BCUT2D eigenvalue weighted by molar-refractivity contribution is 0.0913. The first-order valence-corrected chi connectivity index (χ1v) is 5.94. The number of hydrogen-bond donors (Lipinski definition) is 1. The minimum Gasteiger partial charge on any atom is -0.313 e. The summed E-state index contributed by atoms with van der Waals surface area (Å²) in [5, 5.41) is 3.33. The van der Waals surface area contributed by atoms with Crippen LogP contribution in [0.5, 0.6) is 0 Å². The second-order valence-electron chi connectivity index (χ2n) is 4.82. The van der Waals surface area contributed by atoms with E-state index in [2.05, 4.69) is 25.2 Å². The number of Topliss-reactive ketones (excluding diaryl/α,β-unsaturated/α-hetero) is 1. The van der Waals surface area contributed by atoms with E-state index in [9.17, 15) is 4.79 Å². The van der Waals surface area contributed by atoms with E-state index in [-0.39, 0.29) is 5.92 Å². The van der Waals surface area contributed by atoms with Crippen molar-refractivity contribution in [2.24, 2.45) is 5.92 Å². The molecule has 0 saturated carbocycles. The van der Waals surface area contributed by atoms with E-state index in [1.54, 1.807) is 0 Å². The topological polar surface area (TPSA) is 29.1 Å². The number of benzene rings is 1. The number of carbonyl (C=O) groups is 1. The summed E-state index contributed by atoms with van der Waals surface area (Å²) in [6, 6.07) is 6.39. The van der Waals surface area contributed by atoms with E-state index in [1.807, 2.05) is 19.1 Å². The molecule has 1 aromatic rings. The lowest BCUT2D eigenvalue weighted by atomic mass is 9.89. The molecule has 0 bridgehead atoms. The van der Waals surface area contributed by atoms with Crippen LogP contribution in [0.15, 0.2) is 18.2 Å². The molecular weight excluding hydrogens is 198 g/mol. The van der Waals surface area contributed by atoms with Crippen LogP contribution in [0.1, 0.15) is 34.8 Å². The van der Waals surface area contributed by atoms with E-state index in [0.717, 1.165) is 24.1 Å². The molecule has 86 valence electrons. The molecule has 1 fully saturated rings. The van der Waals surface area contributed by atoms with Crippen molar-refractivity contribution in [3.05, 3.63) is 34.9 Å². The fraction of sp³-hybridized carbons (Fsp3) is 0.500. The van der Waals surface area contributed by atoms with Gasteiger partial charge in [-0.05, 0) is 39.3 Å². The Morgan fingerprint density at radius 1 is 1.38 bits per heavy atom. The largest absolute Gasteiger partial charge is 0.313 e. The van der Waals surface area contributed by atoms with E-state index < -0.39 is 0 Å². The molecule has 1 heterocycles. The molecule has 2 rings (SSSR count). The van der Waals surface area contributed by atoms with Crippen LogP contribution in [0.4, 0.5) is 0 Å². The zero-order valence-electron chi connectivity index (χ0n) is 10.2. The summed E-state index contributed by atoms with van der Waals surface area (Å²) in [5.74, 6) is 0.455. The third-order valence-electron chi connectivity index (χ3n) is 3.51. The van der Waals surface area contributed by atoms with Crippen LogP contribution in [0.3, 0.4) is 0 Å². The molecule has 1 saturated heterocycles. The second-order valence-corrected chi connectivity index (χ2v) is 4.82. The Hall–Kier alpha value is -1.15. The van der Waals surface area contributed by atoms with E-state index in [1.165, 1.54) is 5.56 Å². The molecule has 2 atom stereocenters. The van der Waals surface area contributed by atoms with Gasteiger partial charge in [0.1, 0.15) is 0 Å². The first-order chi connectivity index (χ1) is 7.59. The van der Waals surface area contributed by atoms with Gasteiger partial charge in [0, 0.05) is 17.5 Å². The molecule has 16 heavy (non-hydrogen) atoms. The van der Waals surface area contributed by atoms with Crippen molar-refractivity contribution in [3.8, 4) is 0 Å². The quantitative estimate of drug-likeness (QED) is 0.771. The van der Waals surface area contributed by atoms with Gasteiger partial charge in [-0.25, -0.2) is 0 Å². The Kier molecular flexibility index (Phi) is 3.10. The molecule has 0 aliphatic carbocycles. The lowest BCUT2D eigenvalue weighted by Gasteiger charge is -2.15. The maximum absolute atomic E-state index is 12.3. The zero-order valence-corrected chi connectivity index (χ0v) is 10.2. The van der Waals surface area contributed by atoms with Crippen LogP contribution in [0.2, 0.25) is 0 Å². The second kappa shape index (κ2) is 4.38.